The summed E-state index contributed by atoms with van der Waals surface area (Å²) in [6, 6.07) is 18.2. The minimum atomic E-state index is -1.62. The maximum Gasteiger partial charge on any atom is 0.409 e. The molecule has 7 rings (SSSR count). The maximum atomic E-state index is 14.3. The van der Waals surface area contributed by atoms with Gasteiger partial charge < -0.3 is 67.9 Å². The number of benzene rings is 3. The normalized spacial score (nSPS) is 23.2. The summed E-state index contributed by atoms with van der Waals surface area (Å²) >= 11 is 6.81. The number of halogens is 1. The zero-order chi connectivity index (χ0) is 64.3. The molecular formula is C66H87ClN6O16. The fourth-order valence-corrected chi connectivity index (χ4v) is 11.2. The summed E-state index contributed by atoms with van der Waals surface area (Å²) < 4.78 is 46.1. The molecule has 2 saturated heterocycles. The van der Waals surface area contributed by atoms with Gasteiger partial charge in [-0.15, -0.1) is 0 Å². The first kappa shape index (κ1) is 69.3. The van der Waals surface area contributed by atoms with E-state index in [0.717, 1.165) is 33.5 Å². The second-order valence-electron chi connectivity index (χ2n) is 23.1. The summed E-state index contributed by atoms with van der Waals surface area (Å²) in [7, 11) is 6.16. The van der Waals surface area contributed by atoms with Gasteiger partial charge in [-0.2, -0.15) is 0 Å². The molecule has 0 saturated carbocycles. The van der Waals surface area contributed by atoms with Gasteiger partial charge in [0.15, 0.2) is 0 Å². The van der Waals surface area contributed by atoms with Crippen LogP contribution in [0.25, 0.3) is 12.2 Å². The first-order valence-corrected chi connectivity index (χ1v) is 30.8. The highest BCUT2D eigenvalue weighted by atomic mass is 35.5. The quantitative estimate of drug-likeness (QED) is 0.0408. The molecule has 7 atom stereocenters. The number of nitrogens with zero attached hydrogens (tertiary/aromatic N) is 4. The number of carbonyl (C=O) groups is 7. The van der Waals surface area contributed by atoms with Gasteiger partial charge in [0.2, 0.25) is 29.5 Å². The zero-order valence-electron chi connectivity index (χ0n) is 52.4. The van der Waals surface area contributed by atoms with Gasteiger partial charge in [0, 0.05) is 78.7 Å². The Kier molecular flexibility index (Phi) is 25.7. The van der Waals surface area contributed by atoms with Gasteiger partial charge in [-0.1, -0.05) is 96.9 Å². The molecule has 4 aliphatic rings. The zero-order valence-corrected chi connectivity index (χ0v) is 53.2. The van der Waals surface area contributed by atoms with E-state index in [-0.39, 0.29) is 93.9 Å². The number of esters is 1. The topological polar surface area (TPSA) is 254 Å². The predicted molar refractivity (Wildman–Crippen MR) is 335 cm³/mol. The summed E-state index contributed by atoms with van der Waals surface area (Å²) in [5.74, 6) is -2.31. The van der Waals surface area contributed by atoms with Crippen LogP contribution in [0.2, 0.25) is 5.02 Å². The second-order valence-corrected chi connectivity index (χ2v) is 23.5. The molecule has 22 nitrogen and oxygen atoms in total. The largest absolute Gasteiger partial charge is 0.495 e. The molecule has 4 bridgehead atoms. The average molecular weight is 1260 g/mol. The lowest BCUT2D eigenvalue weighted by Crippen LogP contribution is -2.57. The molecule has 4 heterocycles. The molecule has 484 valence electrons. The van der Waals surface area contributed by atoms with Crippen LogP contribution in [0.5, 0.6) is 5.75 Å². The Morgan fingerprint density at radius 1 is 0.865 bits per heavy atom. The number of aliphatic hydroxyl groups is 1. The van der Waals surface area contributed by atoms with Crippen molar-refractivity contribution in [2.24, 2.45) is 5.92 Å². The highest BCUT2D eigenvalue weighted by molar-refractivity contribution is 6.35. The number of ether oxygens (including phenoxy) is 8. The molecule has 6 amide bonds. The number of hydrogen-bond donors (Lipinski definition) is 3. The van der Waals surface area contributed by atoms with E-state index in [1.165, 1.54) is 35.8 Å². The van der Waals surface area contributed by atoms with E-state index < -0.39 is 65.5 Å². The molecule has 3 N–H and O–H groups in total. The molecule has 0 aliphatic carbocycles. The van der Waals surface area contributed by atoms with Crippen LogP contribution in [0.1, 0.15) is 101 Å². The number of fused-ring (bicyclic) bond motifs is 7. The Morgan fingerprint density at radius 2 is 1.52 bits per heavy atom. The van der Waals surface area contributed by atoms with Crippen LogP contribution in [-0.4, -0.2) is 186 Å². The van der Waals surface area contributed by atoms with Crippen molar-refractivity contribution in [2.45, 2.75) is 128 Å². The summed E-state index contributed by atoms with van der Waals surface area (Å²) in [5, 5.41) is 17.1. The number of methoxy groups -OCH3 is 1. The number of nitrogens with one attached hydrogen (secondary N) is 2. The number of amides is 6. The Morgan fingerprint density at radius 3 is 2.24 bits per heavy atom. The van der Waals surface area contributed by atoms with Crippen LogP contribution in [0.4, 0.5) is 16.2 Å². The van der Waals surface area contributed by atoms with Gasteiger partial charge in [0.1, 0.15) is 40.3 Å². The molecule has 0 aromatic heterocycles. The molecule has 2 fully saturated rings. The van der Waals surface area contributed by atoms with Gasteiger partial charge in [0.05, 0.1) is 90.4 Å². The number of alkyl carbamates (subject to hydrolysis) is 1. The van der Waals surface area contributed by atoms with Gasteiger partial charge >= 0.3 is 12.1 Å². The van der Waals surface area contributed by atoms with Crippen LogP contribution in [0.3, 0.4) is 0 Å². The number of epoxide rings is 1. The van der Waals surface area contributed by atoms with Gasteiger partial charge in [-0.05, 0) is 74.1 Å². The van der Waals surface area contributed by atoms with Gasteiger partial charge in [0.25, 0.3) is 0 Å². The van der Waals surface area contributed by atoms with E-state index in [9.17, 15) is 38.7 Å². The minimum Gasteiger partial charge on any atom is -0.495 e. The standard InChI is InChI=1S/C66H87ClN6O16/c1-44-16-13-14-27-66(81)42-54(87-64(80)69-66)45(2)62-65(4,89-62)55(41-60(78)72(7)52-39-47(38-44)40-53(82-8)61(52)67)88-63(79)46(3)71(6)58(76)22-15-21-57(75)70(5)29-31-84-33-35-86-37-36-85-34-32-83-30-26-56(74)68-28-25-59(77)73-43-50-19-10-9-17-48(50)23-24-49-18-11-12-20-51(49)73/h9-14,16-20,23-24,39-40,45-46,54-55,62,81H,15,21-22,25-38,41-43H2,1-8H3,(H,68,74)(H,69,80)/b14-13+,24-23-,44-16-/t45-,46+,54+,55+,62+,65+,66-/m1/s1. The minimum absolute atomic E-state index is 0.0301. The summed E-state index contributed by atoms with van der Waals surface area (Å²) in [6.45, 7) is 10.3. The Hall–Kier alpha value is -7.18. The number of carbonyl (C=O) groups excluding carboxylic acids is 7. The molecule has 0 radical (unpaired) electrons. The summed E-state index contributed by atoms with van der Waals surface area (Å²) in [5.41, 5.74) is 3.13. The van der Waals surface area contributed by atoms with Crippen molar-refractivity contribution in [1.29, 1.82) is 0 Å². The molecule has 4 aliphatic heterocycles. The lowest BCUT2D eigenvalue weighted by atomic mass is 9.84. The molecular weight excluding hydrogens is 1170 g/mol. The third kappa shape index (κ3) is 19.7. The third-order valence-corrected chi connectivity index (χ3v) is 16.9. The fraction of sp³-hybridized carbons (Fsp3) is 0.530. The number of anilines is 2. The van der Waals surface area contributed by atoms with Crippen molar-refractivity contribution >= 4 is 76.7 Å². The maximum absolute atomic E-state index is 14.3. The smallest absolute Gasteiger partial charge is 0.409 e. The number of para-hydroxylation sites is 1. The van der Waals surface area contributed by atoms with E-state index in [0.29, 0.717) is 70.6 Å². The van der Waals surface area contributed by atoms with E-state index in [4.69, 9.17) is 49.5 Å². The molecule has 89 heavy (non-hydrogen) atoms. The van der Waals surface area contributed by atoms with Crippen molar-refractivity contribution in [3.8, 4) is 5.75 Å². The average Bonchev–Trinajstić information content (AvgIpc) is 1.70. The number of likely N-dealkylation sites (N-methyl/N-ethyl adjacent to an activating group) is 2. The Balaban J connectivity index is 0.758. The number of hydrogen-bond acceptors (Lipinski definition) is 16. The van der Waals surface area contributed by atoms with Crippen molar-refractivity contribution in [1.82, 2.24) is 20.4 Å². The first-order chi connectivity index (χ1) is 42.6. The van der Waals surface area contributed by atoms with Crippen molar-refractivity contribution in [3.63, 3.8) is 0 Å². The Labute approximate surface area is 526 Å². The first-order valence-electron chi connectivity index (χ1n) is 30.4. The van der Waals surface area contributed by atoms with Crippen LogP contribution in [-0.2, 0) is 74.9 Å². The van der Waals surface area contributed by atoms with E-state index >= 15 is 0 Å². The van der Waals surface area contributed by atoms with Crippen LogP contribution >= 0.6 is 11.6 Å². The molecule has 23 heteroatoms. The van der Waals surface area contributed by atoms with Crippen molar-refractivity contribution < 1.29 is 76.6 Å². The van der Waals surface area contributed by atoms with Crippen molar-refractivity contribution in [2.75, 3.05) is 104 Å². The molecule has 0 spiro atoms. The Bertz CT molecular complexity index is 3070. The predicted octanol–water partition coefficient (Wildman–Crippen LogP) is 7.20. The van der Waals surface area contributed by atoms with Gasteiger partial charge in [-0.3, -0.25) is 29.3 Å². The monoisotopic (exact) mass is 1250 g/mol. The van der Waals surface area contributed by atoms with Crippen LogP contribution in [0, 0.1) is 5.92 Å². The molecule has 3 aromatic carbocycles. The van der Waals surface area contributed by atoms with E-state index in [1.807, 2.05) is 67.6 Å². The highest BCUT2D eigenvalue weighted by Crippen LogP contribution is 2.49. The second kappa shape index (κ2) is 33.1. The highest BCUT2D eigenvalue weighted by Gasteiger charge is 2.64. The number of allylic oxidation sites excluding steroid dienone is 3. The molecule has 3 aromatic rings. The van der Waals surface area contributed by atoms with Gasteiger partial charge in [-0.25, -0.2) is 9.59 Å². The van der Waals surface area contributed by atoms with E-state index in [2.05, 4.69) is 16.7 Å². The third-order valence-electron chi connectivity index (χ3n) is 16.5. The van der Waals surface area contributed by atoms with Crippen molar-refractivity contribution in [3.05, 3.63) is 112 Å². The van der Waals surface area contributed by atoms with E-state index in [1.54, 1.807) is 57.1 Å². The fourth-order valence-electron chi connectivity index (χ4n) is 10.9. The SMILES string of the molecule is COc1cc2cc(c1Cl)N(C)C(=O)C[C@H](OC(=O)[C@H](C)N(C)C(=O)CCCC(=O)N(C)CCOCCOCCOCCOCCC(=O)NCCC(=O)N1Cc3ccccc3/C=C\c3ccccc31)[C@]1(C)O[C@H]1[C@H](C)[C@@H]1C[C@](O)(C/C=C/C=C(/C)C2)NC(=O)O1. The lowest BCUT2D eigenvalue weighted by molar-refractivity contribution is -0.162. The number of rotatable bonds is 26. The summed E-state index contributed by atoms with van der Waals surface area (Å²) in [6.07, 6.45) is 6.86. The van der Waals surface area contributed by atoms with Crippen LogP contribution < -0.4 is 25.2 Å². The lowest BCUT2D eigenvalue weighted by Gasteiger charge is -2.39. The summed E-state index contributed by atoms with van der Waals surface area (Å²) in [4.78, 5) is 99.5. The van der Waals surface area contributed by atoms with Crippen LogP contribution in [0.15, 0.2) is 84.5 Å². The molecule has 0 unspecified atom stereocenters.